The predicted molar refractivity (Wildman–Crippen MR) is 69.0 cm³/mol. The van der Waals surface area contributed by atoms with Crippen LogP contribution >= 0.6 is 11.8 Å². The largest absolute Gasteiger partial charge is 0.340 e. The van der Waals surface area contributed by atoms with Crippen molar-refractivity contribution >= 4 is 17.7 Å². The molecular weight excluding hydrogens is 220 g/mol. The maximum absolute atomic E-state index is 4.43. The lowest BCUT2D eigenvalue weighted by molar-refractivity contribution is 0.768. The van der Waals surface area contributed by atoms with Crippen molar-refractivity contribution in [1.29, 1.82) is 0 Å². The van der Waals surface area contributed by atoms with Gasteiger partial charge in [0, 0.05) is 43.3 Å². The van der Waals surface area contributed by atoms with Crippen LogP contribution in [0.15, 0.2) is 12.4 Å². The van der Waals surface area contributed by atoms with E-state index >= 15 is 0 Å². The monoisotopic (exact) mass is 238 g/mol. The number of nitrogens with zero attached hydrogens (tertiary/aromatic N) is 3. The summed E-state index contributed by atoms with van der Waals surface area (Å²) in [6.45, 7) is 2.98. The van der Waals surface area contributed by atoms with Gasteiger partial charge in [0.1, 0.15) is 0 Å². The molecule has 1 aromatic heterocycles. The molecular formula is C11H18N4S. The summed E-state index contributed by atoms with van der Waals surface area (Å²) < 4.78 is 0. The van der Waals surface area contributed by atoms with Crippen molar-refractivity contribution < 1.29 is 0 Å². The van der Waals surface area contributed by atoms with E-state index in [1.165, 1.54) is 17.9 Å². The number of hydrogen-bond acceptors (Lipinski definition) is 5. The van der Waals surface area contributed by atoms with Gasteiger partial charge in [0.25, 0.3) is 0 Å². The maximum atomic E-state index is 4.43. The van der Waals surface area contributed by atoms with Crippen molar-refractivity contribution in [1.82, 2.24) is 15.3 Å². The maximum Gasteiger partial charge on any atom is 0.225 e. The van der Waals surface area contributed by atoms with Crippen molar-refractivity contribution in [3.05, 3.63) is 18.0 Å². The molecule has 1 saturated heterocycles. The Hall–Kier alpha value is -0.810. The van der Waals surface area contributed by atoms with Crippen molar-refractivity contribution in [2.75, 3.05) is 36.5 Å². The molecule has 1 fully saturated rings. The number of thioether (sulfide) groups is 1. The molecule has 2 rings (SSSR count). The Bertz CT molecular complexity index is 306. The lowest BCUT2D eigenvalue weighted by Gasteiger charge is -2.19. The Kier molecular flexibility index (Phi) is 4.42. The molecule has 0 bridgehead atoms. The zero-order valence-corrected chi connectivity index (χ0v) is 10.5. The van der Waals surface area contributed by atoms with Gasteiger partial charge in [-0.2, -0.15) is 11.8 Å². The Morgan fingerprint density at radius 3 is 2.88 bits per heavy atom. The molecule has 1 aliphatic rings. The summed E-state index contributed by atoms with van der Waals surface area (Å²) in [5, 5.41) is 3.10. The first-order valence-corrected chi connectivity index (χ1v) is 6.84. The van der Waals surface area contributed by atoms with Crippen LogP contribution < -0.4 is 10.2 Å². The molecule has 0 aliphatic carbocycles. The van der Waals surface area contributed by atoms with Crippen LogP contribution in [0.3, 0.4) is 0 Å². The summed E-state index contributed by atoms with van der Waals surface area (Å²) in [6, 6.07) is 0. The van der Waals surface area contributed by atoms with E-state index in [4.69, 9.17) is 0 Å². The highest BCUT2D eigenvalue weighted by molar-refractivity contribution is 7.99. The normalized spacial score (nSPS) is 17.2. The van der Waals surface area contributed by atoms with Crippen LogP contribution in [0, 0.1) is 0 Å². The van der Waals surface area contributed by atoms with Gasteiger partial charge in [0.2, 0.25) is 5.95 Å². The van der Waals surface area contributed by atoms with Crippen LogP contribution in [0.4, 0.5) is 5.95 Å². The molecule has 1 aliphatic heterocycles. The highest BCUT2D eigenvalue weighted by atomic mass is 32.2. The molecule has 5 heteroatoms. The average Bonchev–Trinajstić information content (AvgIpc) is 2.59. The first-order valence-electron chi connectivity index (χ1n) is 5.68. The van der Waals surface area contributed by atoms with Crippen molar-refractivity contribution in [2.24, 2.45) is 0 Å². The number of aromatic nitrogens is 2. The average molecular weight is 238 g/mol. The second kappa shape index (κ2) is 6.06. The third-order valence-corrected chi connectivity index (χ3v) is 3.63. The minimum atomic E-state index is 0.829. The molecule has 0 amide bonds. The lowest BCUT2D eigenvalue weighted by atomic mass is 10.3. The fourth-order valence-electron chi connectivity index (χ4n) is 1.75. The summed E-state index contributed by atoms with van der Waals surface area (Å²) in [4.78, 5) is 11.1. The molecule has 16 heavy (non-hydrogen) atoms. The van der Waals surface area contributed by atoms with E-state index in [0.29, 0.717) is 0 Å². The summed E-state index contributed by atoms with van der Waals surface area (Å²) in [5.41, 5.74) is 1.13. The molecule has 0 saturated carbocycles. The number of rotatable bonds is 3. The van der Waals surface area contributed by atoms with Gasteiger partial charge in [-0.25, -0.2) is 9.97 Å². The Balaban J connectivity index is 2.01. The topological polar surface area (TPSA) is 41.1 Å². The van der Waals surface area contributed by atoms with Crippen LogP contribution in [0.5, 0.6) is 0 Å². The molecule has 2 heterocycles. The molecule has 88 valence electrons. The highest BCUT2D eigenvalue weighted by Crippen LogP contribution is 2.14. The van der Waals surface area contributed by atoms with Crippen molar-refractivity contribution in [3.8, 4) is 0 Å². The van der Waals surface area contributed by atoms with Crippen LogP contribution in [0.25, 0.3) is 0 Å². The minimum absolute atomic E-state index is 0.829. The van der Waals surface area contributed by atoms with Gasteiger partial charge < -0.3 is 10.2 Å². The van der Waals surface area contributed by atoms with Gasteiger partial charge in [-0.05, 0) is 19.2 Å². The van der Waals surface area contributed by atoms with Gasteiger partial charge in [0.05, 0.1) is 0 Å². The van der Waals surface area contributed by atoms with E-state index in [1.54, 1.807) is 0 Å². The molecule has 0 unspecified atom stereocenters. The van der Waals surface area contributed by atoms with E-state index in [2.05, 4.69) is 20.2 Å². The van der Waals surface area contributed by atoms with Gasteiger partial charge in [-0.15, -0.1) is 0 Å². The number of hydrogen-bond donors (Lipinski definition) is 1. The Labute approximate surface area is 101 Å². The quantitative estimate of drug-likeness (QED) is 0.855. The number of anilines is 1. The van der Waals surface area contributed by atoms with E-state index in [1.807, 2.05) is 31.2 Å². The fourth-order valence-corrected chi connectivity index (χ4v) is 2.64. The summed E-state index contributed by atoms with van der Waals surface area (Å²) in [7, 11) is 1.93. The molecule has 0 spiro atoms. The van der Waals surface area contributed by atoms with Crippen LogP contribution in [-0.4, -0.2) is 41.6 Å². The van der Waals surface area contributed by atoms with Gasteiger partial charge >= 0.3 is 0 Å². The smallest absolute Gasteiger partial charge is 0.225 e. The second-order valence-corrected chi connectivity index (χ2v) is 5.10. The van der Waals surface area contributed by atoms with E-state index in [-0.39, 0.29) is 0 Å². The predicted octanol–water partition coefficient (Wildman–Crippen LogP) is 1.14. The Morgan fingerprint density at radius 1 is 1.31 bits per heavy atom. The zero-order valence-electron chi connectivity index (χ0n) is 9.65. The van der Waals surface area contributed by atoms with E-state index in [9.17, 15) is 0 Å². The molecule has 0 aromatic carbocycles. The first kappa shape index (κ1) is 11.7. The molecule has 4 nitrogen and oxygen atoms in total. The van der Waals surface area contributed by atoms with Gasteiger partial charge in [-0.3, -0.25) is 0 Å². The third kappa shape index (κ3) is 3.09. The standard InChI is InChI=1S/C11H18N4S/c1-12-7-10-8-13-11(14-9-10)15-3-2-5-16-6-4-15/h8-9,12H,2-7H2,1H3. The SMILES string of the molecule is CNCc1cnc(N2CCCSCC2)nc1. The molecule has 0 atom stereocenters. The third-order valence-electron chi connectivity index (χ3n) is 2.58. The van der Waals surface area contributed by atoms with Crippen molar-refractivity contribution in [2.45, 2.75) is 13.0 Å². The first-order chi connectivity index (χ1) is 7.90. The Morgan fingerprint density at radius 2 is 2.12 bits per heavy atom. The fraction of sp³-hybridized carbons (Fsp3) is 0.636. The van der Waals surface area contributed by atoms with Crippen LogP contribution in [-0.2, 0) is 6.54 Å². The van der Waals surface area contributed by atoms with Gasteiger partial charge in [-0.1, -0.05) is 0 Å². The van der Waals surface area contributed by atoms with Crippen molar-refractivity contribution in [3.63, 3.8) is 0 Å². The molecule has 1 aromatic rings. The molecule has 1 N–H and O–H groups in total. The lowest BCUT2D eigenvalue weighted by Crippen LogP contribution is -2.27. The van der Waals surface area contributed by atoms with E-state index in [0.717, 1.165) is 31.1 Å². The van der Waals surface area contributed by atoms with Crippen LogP contribution in [0.2, 0.25) is 0 Å². The zero-order chi connectivity index (χ0) is 11.2. The summed E-state index contributed by atoms with van der Waals surface area (Å²) >= 11 is 2.02. The van der Waals surface area contributed by atoms with E-state index < -0.39 is 0 Å². The van der Waals surface area contributed by atoms with Crippen LogP contribution in [0.1, 0.15) is 12.0 Å². The molecule has 0 radical (unpaired) electrons. The minimum Gasteiger partial charge on any atom is -0.340 e. The summed E-state index contributed by atoms with van der Waals surface area (Å²) in [5.74, 6) is 3.32. The number of nitrogens with one attached hydrogen (secondary N) is 1. The second-order valence-electron chi connectivity index (χ2n) is 3.87. The summed E-state index contributed by atoms with van der Waals surface area (Å²) in [6.07, 6.45) is 5.06. The van der Waals surface area contributed by atoms with Gasteiger partial charge in [0.15, 0.2) is 0 Å². The highest BCUT2D eigenvalue weighted by Gasteiger charge is 2.11.